The Hall–Kier alpha value is -2.04. The van der Waals surface area contributed by atoms with Gasteiger partial charge in [-0.25, -0.2) is 9.37 Å². The molecule has 0 saturated heterocycles. The lowest BCUT2D eigenvalue weighted by molar-refractivity contribution is 0.386. The topological polar surface area (TPSA) is 61.3 Å². The summed E-state index contributed by atoms with van der Waals surface area (Å²) < 4.78 is 23.3. The minimum Gasteiger partial charge on any atom is -0.494 e. The maximum absolute atomic E-state index is 13.4. The van der Waals surface area contributed by atoms with Crippen LogP contribution in [0.4, 0.5) is 10.4 Å². The molecular formula is C11H11FN2O2. The highest BCUT2D eigenvalue weighted by Crippen LogP contribution is 2.20. The summed E-state index contributed by atoms with van der Waals surface area (Å²) in [6.45, 7) is 0. The van der Waals surface area contributed by atoms with E-state index in [4.69, 9.17) is 14.9 Å². The zero-order valence-electron chi connectivity index (χ0n) is 8.74. The predicted octanol–water partition coefficient (Wildman–Crippen LogP) is 2.00. The fourth-order valence-corrected chi connectivity index (χ4v) is 1.43. The molecule has 2 aromatic rings. The molecule has 2 rings (SSSR count). The monoisotopic (exact) mass is 222 g/mol. The zero-order chi connectivity index (χ0) is 11.5. The first-order valence-corrected chi connectivity index (χ1v) is 4.71. The van der Waals surface area contributed by atoms with Gasteiger partial charge < -0.3 is 14.9 Å². The Labute approximate surface area is 91.9 Å². The molecule has 1 heterocycles. The third kappa shape index (κ3) is 2.13. The first-order chi connectivity index (χ1) is 7.69. The van der Waals surface area contributed by atoms with E-state index < -0.39 is 5.82 Å². The van der Waals surface area contributed by atoms with Gasteiger partial charge in [-0.1, -0.05) is 6.07 Å². The summed E-state index contributed by atoms with van der Waals surface area (Å²) in [5.41, 5.74) is 6.11. The lowest BCUT2D eigenvalue weighted by Gasteiger charge is -2.03. The standard InChI is InChI=1S/C11H11FN2O2/c1-15-10-3-2-7(5-9(10)12)4-8-6-14-11(13)16-8/h2-3,5-6H,4H2,1H3,(H2,13,14). The molecule has 0 amide bonds. The number of halogens is 1. The number of ether oxygens (including phenoxy) is 1. The number of aromatic nitrogens is 1. The van der Waals surface area contributed by atoms with Crippen LogP contribution in [0.2, 0.25) is 0 Å². The first kappa shape index (κ1) is 10.5. The van der Waals surface area contributed by atoms with E-state index in [-0.39, 0.29) is 11.8 Å². The quantitative estimate of drug-likeness (QED) is 0.862. The molecule has 84 valence electrons. The van der Waals surface area contributed by atoms with Gasteiger partial charge in [-0.2, -0.15) is 0 Å². The molecule has 1 aromatic carbocycles. The molecule has 0 aliphatic rings. The molecule has 0 fully saturated rings. The van der Waals surface area contributed by atoms with E-state index in [1.54, 1.807) is 12.1 Å². The summed E-state index contributed by atoms with van der Waals surface area (Å²) in [5, 5.41) is 0. The number of hydrogen-bond acceptors (Lipinski definition) is 4. The molecule has 16 heavy (non-hydrogen) atoms. The smallest absolute Gasteiger partial charge is 0.292 e. The third-order valence-electron chi connectivity index (χ3n) is 2.17. The number of rotatable bonds is 3. The molecule has 0 unspecified atom stereocenters. The fraction of sp³-hybridized carbons (Fsp3) is 0.182. The van der Waals surface area contributed by atoms with Crippen LogP contribution in [-0.2, 0) is 6.42 Å². The van der Waals surface area contributed by atoms with Crippen molar-refractivity contribution in [2.75, 3.05) is 12.8 Å². The van der Waals surface area contributed by atoms with E-state index in [1.807, 2.05) is 0 Å². The molecule has 0 aliphatic heterocycles. The SMILES string of the molecule is COc1ccc(Cc2cnc(N)o2)cc1F. The van der Waals surface area contributed by atoms with Crippen LogP contribution in [-0.4, -0.2) is 12.1 Å². The summed E-state index contributed by atoms with van der Waals surface area (Å²) in [5.74, 6) is 0.426. The molecule has 0 aliphatic carbocycles. The highest BCUT2D eigenvalue weighted by molar-refractivity contribution is 5.31. The number of nitrogens with zero attached hydrogens (tertiary/aromatic N) is 1. The van der Waals surface area contributed by atoms with Crippen molar-refractivity contribution in [1.29, 1.82) is 0 Å². The summed E-state index contributed by atoms with van der Waals surface area (Å²) in [7, 11) is 1.43. The highest BCUT2D eigenvalue weighted by Gasteiger charge is 2.06. The van der Waals surface area contributed by atoms with Gasteiger partial charge in [0.15, 0.2) is 11.6 Å². The molecule has 0 bridgehead atoms. The van der Waals surface area contributed by atoms with Crippen molar-refractivity contribution in [3.05, 3.63) is 41.5 Å². The second-order valence-electron chi connectivity index (χ2n) is 3.31. The van der Waals surface area contributed by atoms with Crippen molar-refractivity contribution in [3.63, 3.8) is 0 Å². The van der Waals surface area contributed by atoms with Gasteiger partial charge in [0, 0.05) is 6.42 Å². The second kappa shape index (κ2) is 4.22. The van der Waals surface area contributed by atoms with Gasteiger partial charge in [-0.05, 0) is 17.7 Å². The normalized spacial score (nSPS) is 10.4. The van der Waals surface area contributed by atoms with Crippen LogP contribution in [0.3, 0.4) is 0 Å². The maximum atomic E-state index is 13.4. The molecule has 0 atom stereocenters. The minimum absolute atomic E-state index is 0.115. The highest BCUT2D eigenvalue weighted by atomic mass is 19.1. The van der Waals surface area contributed by atoms with Gasteiger partial charge in [-0.15, -0.1) is 0 Å². The Morgan fingerprint density at radius 1 is 1.50 bits per heavy atom. The fourth-order valence-electron chi connectivity index (χ4n) is 1.43. The molecule has 0 saturated carbocycles. The lowest BCUT2D eigenvalue weighted by Crippen LogP contribution is -1.91. The van der Waals surface area contributed by atoms with Gasteiger partial charge in [0.1, 0.15) is 5.76 Å². The summed E-state index contributed by atoms with van der Waals surface area (Å²) in [6, 6.07) is 4.85. The summed E-state index contributed by atoms with van der Waals surface area (Å²) in [4.78, 5) is 3.76. The maximum Gasteiger partial charge on any atom is 0.292 e. The molecule has 1 aromatic heterocycles. The lowest BCUT2D eigenvalue weighted by atomic mass is 10.1. The number of nitrogen functional groups attached to an aromatic ring is 1. The number of anilines is 1. The van der Waals surface area contributed by atoms with Crippen molar-refractivity contribution in [1.82, 2.24) is 4.98 Å². The van der Waals surface area contributed by atoms with E-state index >= 15 is 0 Å². The van der Waals surface area contributed by atoms with Gasteiger partial charge in [-0.3, -0.25) is 0 Å². The van der Waals surface area contributed by atoms with Gasteiger partial charge in [0.05, 0.1) is 13.3 Å². The number of oxazole rings is 1. The van der Waals surface area contributed by atoms with Gasteiger partial charge in [0.25, 0.3) is 6.01 Å². The van der Waals surface area contributed by atoms with Crippen LogP contribution in [0.1, 0.15) is 11.3 Å². The molecule has 0 spiro atoms. The average Bonchev–Trinajstić information content (AvgIpc) is 2.64. The number of nitrogens with two attached hydrogens (primary N) is 1. The number of benzene rings is 1. The third-order valence-corrected chi connectivity index (χ3v) is 2.17. The van der Waals surface area contributed by atoms with Crippen LogP contribution in [0.5, 0.6) is 5.75 Å². The predicted molar refractivity (Wildman–Crippen MR) is 56.7 cm³/mol. The van der Waals surface area contributed by atoms with Gasteiger partial charge in [0.2, 0.25) is 0 Å². The Morgan fingerprint density at radius 3 is 2.88 bits per heavy atom. The van der Waals surface area contributed by atoms with Crippen LogP contribution < -0.4 is 10.5 Å². The Bertz CT molecular complexity index is 496. The average molecular weight is 222 g/mol. The van der Waals surface area contributed by atoms with Crippen molar-refractivity contribution in [2.45, 2.75) is 6.42 Å². The minimum atomic E-state index is -0.396. The first-order valence-electron chi connectivity index (χ1n) is 4.71. The van der Waals surface area contributed by atoms with Crippen molar-refractivity contribution >= 4 is 6.01 Å². The largest absolute Gasteiger partial charge is 0.494 e. The second-order valence-corrected chi connectivity index (χ2v) is 3.31. The van der Waals surface area contributed by atoms with Crippen LogP contribution in [0.15, 0.2) is 28.8 Å². The van der Waals surface area contributed by atoms with Gasteiger partial charge >= 0.3 is 0 Å². The van der Waals surface area contributed by atoms with E-state index in [2.05, 4.69) is 4.98 Å². The van der Waals surface area contributed by atoms with E-state index in [0.29, 0.717) is 12.2 Å². The molecular weight excluding hydrogens is 211 g/mol. The van der Waals surface area contributed by atoms with Crippen LogP contribution in [0, 0.1) is 5.82 Å². The number of methoxy groups -OCH3 is 1. The van der Waals surface area contributed by atoms with E-state index in [0.717, 1.165) is 5.56 Å². The summed E-state index contributed by atoms with van der Waals surface area (Å²) >= 11 is 0. The molecule has 2 N–H and O–H groups in total. The molecule has 4 nitrogen and oxygen atoms in total. The van der Waals surface area contributed by atoms with Crippen molar-refractivity contribution in [2.24, 2.45) is 0 Å². The Kier molecular flexibility index (Phi) is 2.76. The van der Waals surface area contributed by atoms with E-state index in [9.17, 15) is 4.39 Å². The Balaban J connectivity index is 2.19. The number of hydrogen-bond donors (Lipinski definition) is 1. The van der Waals surface area contributed by atoms with Crippen molar-refractivity contribution in [3.8, 4) is 5.75 Å². The van der Waals surface area contributed by atoms with Crippen LogP contribution >= 0.6 is 0 Å². The molecule has 5 heteroatoms. The van der Waals surface area contributed by atoms with Crippen LogP contribution in [0.25, 0.3) is 0 Å². The Morgan fingerprint density at radius 2 is 2.31 bits per heavy atom. The zero-order valence-corrected chi connectivity index (χ0v) is 8.74. The van der Waals surface area contributed by atoms with Crippen molar-refractivity contribution < 1.29 is 13.5 Å². The molecule has 0 radical (unpaired) electrons. The van der Waals surface area contributed by atoms with E-state index in [1.165, 1.54) is 19.4 Å². The summed E-state index contributed by atoms with van der Waals surface area (Å²) in [6.07, 6.45) is 1.97.